The number of aromatic nitrogens is 3. The Bertz CT molecular complexity index is 428. The standard InChI is InChI=1S/C12H21N5OS/c1-19-12(5-3-2-4-6-12)8-14-10(18)7-17-9-15-11(13)16-17/h9H,2-8H2,1H3,(H2,13,16)(H,14,18). The summed E-state index contributed by atoms with van der Waals surface area (Å²) in [6.07, 6.45) is 9.81. The highest BCUT2D eigenvalue weighted by Crippen LogP contribution is 2.37. The molecule has 0 bridgehead atoms. The van der Waals surface area contributed by atoms with Crippen LogP contribution in [0.3, 0.4) is 0 Å². The average molecular weight is 283 g/mol. The fourth-order valence-corrected chi connectivity index (χ4v) is 3.41. The van der Waals surface area contributed by atoms with Crippen molar-refractivity contribution in [3.05, 3.63) is 6.33 Å². The van der Waals surface area contributed by atoms with E-state index in [4.69, 9.17) is 5.73 Å². The molecule has 0 atom stereocenters. The first-order chi connectivity index (χ1) is 9.13. The van der Waals surface area contributed by atoms with Crippen molar-refractivity contribution in [2.24, 2.45) is 0 Å². The molecule has 1 aromatic heterocycles. The number of nitrogens with one attached hydrogen (secondary N) is 1. The molecule has 0 saturated heterocycles. The number of amides is 1. The third kappa shape index (κ3) is 3.86. The van der Waals surface area contributed by atoms with Crippen molar-refractivity contribution in [2.75, 3.05) is 18.5 Å². The van der Waals surface area contributed by atoms with E-state index in [1.807, 2.05) is 11.8 Å². The second kappa shape index (κ2) is 6.27. The van der Waals surface area contributed by atoms with Gasteiger partial charge in [-0.1, -0.05) is 19.3 Å². The number of hydrogen-bond acceptors (Lipinski definition) is 5. The maximum Gasteiger partial charge on any atom is 0.241 e. The quantitative estimate of drug-likeness (QED) is 0.843. The monoisotopic (exact) mass is 283 g/mol. The Labute approximate surface area is 117 Å². The minimum absolute atomic E-state index is 0.0381. The summed E-state index contributed by atoms with van der Waals surface area (Å²) in [4.78, 5) is 15.7. The Kier molecular flexibility index (Phi) is 4.68. The minimum atomic E-state index is -0.0381. The second-order valence-electron chi connectivity index (χ2n) is 5.02. The summed E-state index contributed by atoms with van der Waals surface area (Å²) < 4.78 is 1.67. The molecule has 0 aliphatic heterocycles. The molecule has 7 heteroatoms. The number of nitrogens with zero attached hydrogens (tertiary/aromatic N) is 3. The van der Waals surface area contributed by atoms with Gasteiger partial charge >= 0.3 is 0 Å². The highest BCUT2D eigenvalue weighted by Gasteiger charge is 2.31. The maximum absolute atomic E-state index is 11.9. The number of hydrogen-bond donors (Lipinski definition) is 2. The van der Waals surface area contributed by atoms with Crippen molar-refractivity contribution in [1.82, 2.24) is 20.1 Å². The molecule has 106 valence electrons. The molecule has 1 aliphatic rings. The normalized spacial score (nSPS) is 18.2. The van der Waals surface area contributed by atoms with E-state index in [1.165, 1.54) is 43.1 Å². The fraction of sp³-hybridized carbons (Fsp3) is 0.750. The third-order valence-corrected chi connectivity index (χ3v) is 5.08. The number of nitrogen functional groups attached to an aromatic ring is 1. The Balaban J connectivity index is 1.82. The van der Waals surface area contributed by atoms with Crippen molar-refractivity contribution in [2.45, 2.75) is 43.4 Å². The van der Waals surface area contributed by atoms with Crippen LogP contribution in [0.1, 0.15) is 32.1 Å². The van der Waals surface area contributed by atoms with Gasteiger partial charge in [0.2, 0.25) is 11.9 Å². The summed E-state index contributed by atoms with van der Waals surface area (Å²) in [5, 5.41) is 6.91. The molecule has 1 aliphatic carbocycles. The zero-order valence-electron chi connectivity index (χ0n) is 11.3. The number of rotatable bonds is 5. The summed E-state index contributed by atoms with van der Waals surface area (Å²) in [6, 6.07) is 0. The van der Waals surface area contributed by atoms with Gasteiger partial charge in [0.05, 0.1) is 0 Å². The van der Waals surface area contributed by atoms with Crippen molar-refractivity contribution in [3.8, 4) is 0 Å². The smallest absolute Gasteiger partial charge is 0.241 e. The van der Waals surface area contributed by atoms with Crippen LogP contribution < -0.4 is 11.1 Å². The van der Waals surface area contributed by atoms with Crippen LogP contribution in [-0.2, 0) is 11.3 Å². The van der Waals surface area contributed by atoms with E-state index in [0.29, 0.717) is 0 Å². The van der Waals surface area contributed by atoms with Crippen LogP contribution in [0.25, 0.3) is 0 Å². The number of thioether (sulfide) groups is 1. The van der Waals surface area contributed by atoms with Crippen molar-refractivity contribution in [3.63, 3.8) is 0 Å². The minimum Gasteiger partial charge on any atom is -0.367 e. The molecule has 0 spiro atoms. The fourth-order valence-electron chi connectivity index (χ4n) is 2.50. The van der Waals surface area contributed by atoms with Gasteiger partial charge in [0.1, 0.15) is 12.9 Å². The summed E-state index contributed by atoms with van der Waals surface area (Å²) in [5.74, 6) is 0.157. The lowest BCUT2D eigenvalue weighted by Gasteiger charge is -2.35. The summed E-state index contributed by atoms with van der Waals surface area (Å²) in [5.41, 5.74) is 5.41. The molecule has 1 saturated carbocycles. The third-order valence-electron chi connectivity index (χ3n) is 3.67. The van der Waals surface area contributed by atoms with Crippen LogP contribution in [0.5, 0.6) is 0 Å². The zero-order valence-corrected chi connectivity index (χ0v) is 12.1. The lowest BCUT2D eigenvalue weighted by atomic mass is 9.88. The van der Waals surface area contributed by atoms with Crippen LogP contribution in [0.2, 0.25) is 0 Å². The van der Waals surface area contributed by atoms with Crippen LogP contribution in [0.4, 0.5) is 5.95 Å². The van der Waals surface area contributed by atoms with E-state index in [9.17, 15) is 4.79 Å². The lowest BCUT2D eigenvalue weighted by Crippen LogP contribution is -2.42. The Hall–Kier alpha value is -1.24. The zero-order chi connectivity index (χ0) is 13.7. The number of carbonyl (C=O) groups excluding carboxylic acids is 1. The Morgan fingerprint density at radius 1 is 1.53 bits per heavy atom. The predicted molar refractivity (Wildman–Crippen MR) is 76.8 cm³/mol. The van der Waals surface area contributed by atoms with Crippen LogP contribution in [0.15, 0.2) is 6.33 Å². The number of carbonyl (C=O) groups is 1. The summed E-state index contributed by atoms with van der Waals surface area (Å²) in [6.45, 7) is 0.909. The van der Waals surface area contributed by atoms with Crippen LogP contribution >= 0.6 is 11.8 Å². The first-order valence-electron chi connectivity index (χ1n) is 6.60. The van der Waals surface area contributed by atoms with Gasteiger partial charge in [-0.25, -0.2) is 9.67 Å². The molecule has 19 heavy (non-hydrogen) atoms. The topological polar surface area (TPSA) is 85.8 Å². The van der Waals surface area contributed by atoms with Gasteiger partial charge in [0.15, 0.2) is 0 Å². The van der Waals surface area contributed by atoms with E-state index < -0.39 is 0 Å². The van der Waals surface area contributed by atoms with Gasteiger partial charge in [-0.3, -0.25) is 4.79 Å². The Morgan fingerprint density at radius 3 is 2.84 bits per heavy atom. The molecular weight excluding hydrogens is 262 g/mol. The van der Waals surface area contributed by atoms with E-state index in [0.717, 1.165) is 6.54 Å². The van der Waals surface area contributed by atoms with Gasteiger partial charge < -0.3 is 11.1 Å². The molecule has 0 aromatic carbocycles. The lowest BCUT2D eigenvalue weighted by molar-refractivity contribution is -0.122. The number of anilines is 1. The Morgan fingerprint density at radius 2 is 2.26 bits per heavy atom. The highest BCUT2D eigenvalue weighted by atomic mass is 32.2. The first-order valence-corrected chi connectivity index (χ1v) is 7.83. The van der Waals surface area contributed by atoms with E-state index in [1.54, 1.807) is 0 Å². The maximum atomic E-state index is 11.9. The van der Waals surface area contributed by atoms with Gasteiger partial charge in [0, 0.05) is 11.3 Å². The summed E-state index contributed by atoms with van der Waals surface area (Å²) in [7, 11) is 0. The average Bonchev–Trinajstić information content (AvgIpc) is 2.83. The second-order valence-corrected chi connectivity index (χ2v) is 6.30. The van der Waals surface area contributed by atoms with Crippen LogP contribution in [0, 0.1) is 0 Å². The molecule has 3 N–H and O–H groups in total. The van der Waals surface area contributed by atoms with Crippen molar-refractivity contribution in [1.29, 1.82) is 0 Å². The van der Waals surface area contributed by atoms with Gasteiger partial charge in [0.25, 0.3) is 0 Å². The van der Waals surface area contributed by atoms with Gasteiger partial charge in [-0.2, -0.15) is 11.8 Å². The molecule has 2 rings (SSSR count). The molecular formula is C12H21N5OS. The molecule has 1 amide bonds. The van der Waals surface area contributed by atoms with E-state index in [2.05, 4.69) is 21.7 Å². The first kappa shape index (κ1) is 14.2. The van der Waals surface area contributed by atoms with E-state index >= 15 is 0 Å². The largest absolute Gasteiger partial charge is 0.367 e. The SMILES string of the molecule is CSC1(CNC(=O)Cn2cnc(N)n2)CCCCC1. The molecule has 1 heterocycles. The van der Waals surface area contributed by atoms with Gasteiger partial charge in [-0.15, -0.1) is 5.10 Å². The molecule has 0 radical (unpaired) electrons. The van der Waals surface area contributed by atoms with Gasteiger partial charge in [-0.05, 0) is 19.1 Å². The van der Waals surface area contributed by atoms with Crippen molar-refractivity contribution >= 4 is 23.6 Å². The number of nitrogens with two attached hydrogens (primary N) is 1. The molecule has 0 unspecified atom stereocenters. The van der Waals surface area contributed by atoms with Crippen molar-refractivity contribution < 1.29 is 4.79 Å². The predicted octanol–water partition coefficient (Wildman–Crippen LogP) is 1.04. The molecule has 1 fully saturated rings. The molecule has 6 nitrogen and oxygen atoms in total. The highest BCUT2D eigenvalue weighted by molar-refractivity contribution is 8.00. The van der Waals surface area contributed by atoms with Crippen LogP contribution in [-0.4, -0.2) is 38.2 Å². The molecule has 1 aromatic rings. The van der Waals surface area contributed by atoms with E-state index in [-0.39, 0.29) is 23.1 Å². The summed E-state index contributed by atoms with van der Waals surface area (Å²) >= 11 is 1.88.